The molecule has 0 saturated carbocycles. The zero-order chi connectivity index (χ0) is 23.1. The van der Waals surface area contributed by atoms with E-state index in [1.807, 2.05) is 49.1 Å². The predicted molar refractivity (Wildman–Crippen MR) is 130 cm³/mol. The highest BCUT2D eigenvalue weighted by atomic mass is 16.5. The van der Waals surface area contributed by atoms with Gasteiger partial charge in [0, 0.05) is 47.3 Å². The third-order valence-corrected chi connectivity index (χ3v) is 5.44. The molecule has 0 aliphatic carbocycles. The first kappa shape index (κ1) is 23.5. The first-order valence-corrected chi connectivity index (χ1v) is 11.3. The smallest absolute Gasteiger partial charge is 0.246 e. The van der Waals surface area contributed by atoms with Crippen LogP contribution >= 0.6 is 0 Å². The van der Waals surface area contributed by atoms with E-state index in [2.05, 4.69) is 19.9 Å². The van der Waals surface area contributed by atoms with Crippen LogP contribution in [0, 0.1) is 0 Å². The van der Waals surface area contributed by atoms with E-state index in [-0.39, 0.29) is 5.91 Å². The summed E-state index contributed by atoms with van der Waals surface area (Å²) in [6.07, 6.45) is 5.34. The lowest BCUT2D eigenvalue weighted by atomic mass is 9.98. The maximum Gasteiger partial charge on any atom is 0.246 e. The Labute approximate surface area is 190 Å². The zero-order valence-electron chi connectivity index (χ0n) is 19.7. The number of hydrogen-bond donors (Lipinski definition) is 0. The molecule has 0 unspecified atom stereocenters. The fourth-order valence-electron chi connectivity index (χ4n) is 3.94. The second-order valence-electron chi connectivity index (χ2n) is 7.78. The Morgan fingerprint density at radius 2 is 1.75 bits per heavy atom. The summed E-state index contributed by atoms with van der Waals surface area (Å²) in [6.45, 7) is 10.1. The fraction of sp³-hybridized carbons (Fsp3) is 0.370. The number of ether oxygens (including phenoxy) is 2. The van der Waals surface area contributed by atoms with E-state index in [1.165, 1.54) is 0 Å². The summed E-state index contributed by atoms with van der Waals surface area (Å²) in [4.78, 5) is 14.8. The van der Waals surface area contributed by atoms with Crippen molar-refractivity contribution in [2.24, 2.45) is 0 Å². The summed E-state index contributed by atoms with van der Waals surface area (Å²) in [6, 6.07) is 11.8. The monoisotopic (exact) mass is 435 g/mol. The van der Waals surface area contributed by atoms with Gasteiger partial charge in [-0.05, 0) is 44.4 Å². The van der Waals surface area contributed by atoms with Crippen LogP contribution < -0.4 is 9.47 Å². The molecule has 1 aromatic heterocycles. The third-order valence-electron chi connectivity index (χ3n) is 5.44. The lowest BCUT2D eigenvalue weighted by Crippen LogP contribution is -2.31. The van der Waals surface area contributed by atoms with Crippen molar-refractivity contribution in [1.82, 2.24) is 4.90 Å². The molecular formula is C27H33NO4. The van der Waals surface area contributed by atoms with E-state index in [0.717, 1.165) is 64.9 Å². The molecular weight excluding hydrogens is 402 g/mol. The minimum atomic E-state index is 0.0332. The van der Waals surface area contributed by atoms with E-state index < -0.39 is 0 Å². The van der Waals surface area contributed by atoms with Crippen molar-refractivity contribution < 1.29 is 18.7 Å². The standard InChI is InChI=1S/C27H33NO4/c1-6-13-28(14-7-2)27(29)15-19(4)21-16-22-23(20-11-9-10-12-24(20)30-5)18-32-26(22)17-25(21)31-8-3/h9-12,15-18H,6-8,13-14H2,1-5H3/b19-15+. The number of furan rings is 1. The molecule has 3 rings (SSSR count). The van der Waals surface area contributed by atoms with Gasteiger partial charge >= 0.3 is 0 Å². The highest BCUT2D eigenvalue weighted by Gasteiger charge is 2.18. The Kier molecular flexibility index (Phi) is 7.98. The van der Waals surface area contributed by atoms with Gasteiger partial charge in [-0.15, -0.1) is 0 Å². The van der Waals surface area contributed by atoms with Gasteiger partial charge in [-0.1, -0.05) is 32.0 Å². The third kappa shape index (κ3) is 4.98. The molecule has 2 aromatic carbocycles. The van der Waals surface area contributed by atoms with Crippen LogP contribution in [0.3, 0.4) is 0 Å². The van der Waals surface area contributed by atoms with Gasteiger partial charge in [0.05, 0.1) is 20.0 Å². The molecule has 0 saturated heterocycles. The predicted octanol–water partition coefficient (Wildman–Crippen LogP) is 6.56. The average molecular weight is 436 g/mol. The number of fused-ring (bicyclic) bond motifs is 1. The van der Waals surface area contributed by atoms with Gasteiger partial charge in [0.25, 0.3) is 0 Å². The van der Waals surface area contributed by atoms with E-state index in [9.17, 15) is 4.79 Å². The summed E-state index contributed by atoms with van der Waals surface area (Å²) < 4.78 is 17.3. The summed E-state index contributed by atoms with van der Waals surface area (Å²) in [5, 5.41) is 0.951. The summed E-state index contributed by atoms with van der Waals surface area (Å²) >= 11 is 0. The van der Waals surface area contributed by atoms with Crippen molar-refractivity contribution in [3.05, 3.63) is 54.3 Å². The lowest BCUT2D eigenvalue weighted by molar-refractivity contribution is -0.126. The average Bonchev–Trinajstić information content (AvgIpc) is 3.21. The molecule has 0 aliphatic rings. The quantitative estimate of drug-likeness (QED) is 0.338. The zero-order valence-corrected chi connectivity index (χ0v) is 19.7. The van der Waals surface area contributed by atoms with Gasteiger partial charge in [-0.2, -0.15) is 0 Å². The van der Waals surface area contributed by atoms with Gasteiger partial charge in [-0.25, -0.2) is 0 Å². The summed E-state index contributed by atoms with van der Waals surface area (Å²) in [5.41, 5.74) is 4.39. The van der Waals surface area contributed by atoms with Crippen molar-refractivity contribution in [3.63, 3.8) is 0 Å². The SMILES string of the molecule is CCCN(CCC)C(=O)/C=C(\C)c1cc2c(-c3ccccc3OC)coc2cc1OCC. The van der Waals surface area contributed by atoms with E-state index in [4.69, 9.17) is 13.9 Å². The molecule has 0 atom stereocenters. The second-order valence-corrected chi connectivity index (χ2v) is 7.78. The number of methoxy groups -OCH3 is 1. The molecule has 3 aromatic rings. The number of hydrogen-bond acceptors (Lipinski definition) is 4. The molecule has 0 aliphatic heterocycles. The van der Waals surface area contributed by atoms with Crippen molar-refractivity contribution in [2.45, 2.75) is 40.5 Å². The molecule has 32 heavy (non-hydrogen) atoms. The molecule has 0 bridgehead atoms. The van der Waals surface area contributed by atoms with Gasteiger partial charge in [0.15, 0.2) is 0 Å². The first-order valence-electron chi connectivity index (χ1n) is 11.3. The Balaban J connectivity index is 2.10. The van der Waals surface area contributed by atoms with Crippen molar-refractivity contribution in [3.8, 4) is 22.6 Å². The Hall–Kier alpha value is -3.21. The Bertz CT molecular complexity index is 1090. The number of amides is 1. The van der Waals surface area contributed by atoms with Crippen LogP contribution in [0.15, 0.2) is 53.2 Å². The van der Waals surface area contributed by atoms with Crippen molar-refractivity contribution in [2.75, 3.05) is 26.8 Å². The minimum Gasteiger partial charge on any atom is -0.496 e. The number of para-hydroxylation sites is 1. The molecule has 170 valence electrons. The van der Waals surface area contributed by atoms with E-state index >= 15 is 0 Å². The second kappa shape index (κ2) is 10.9. The normalized spacial score (nSPS) is 11.6. The van der Waals surface area contributed by atoms with Crippen LogP contribution in [0.25, 0.3) is 27.7 Å². The highest BCUT2D eigenvalue weighted by molar-refractivity contribution is 6.01. The number of carbonyl (C=O) groups excluding carboxylic acids is 1. The van der Waals surface area contributed by atoms with Crippen LogP contribution in [-0.4, -0.2) is 37.6 Å². The topological polar surface area (TPSA) is 51.9 Å². The molecule has 0 radical (unpaired) electrons. The maximum atomic E-state index is 12.9. The lowest BCUT2D eigenvalue weighted by Gasteiger charge is -2.20. The van der Waals surface area contributed by atoms with E-state index in [0.29, 0.717) is 12.4 Å². The molecule has 1 heterocycles. The molecule has 0 N–H and O–H groups in total. The van der Waals surface area contributed by atoms with Crippen LogP contribution in [0.2, 0.25) is 0 Å². The molecule has 5 heteroatoms. The van der Waals surface area contributed by atoms with Crippen LogP contribution in [0.1, 0.15) is 46.1 Å². The van der Waals surface area contributed by atoms with Gasteiger partial charge in [0.2, 0.25) is 5.91 Å². The maximum absolute atomic E-state index is 12.9. The van der Waals surface area contributed by atoms with Crippen molar-refractivity contribution in [1.29, 1.82) is 0 Å². The first-order chi connectivity index (χ1) is 15.5. The van der Waals surface area contributed by atoms with Crippen molar-refractivity contribution >= 4 is 22.4 Å². The Morgan fingerprint density at radius 1 is 1.03 bits per heavy atom. The van der Waals surface area contributed by atoms with Crippen LogP contribution in [-0.2, 0) is 4.79 Å². The van der Waals surface area contributed by atoms with Crippen LogP contribution in [0.4, 0.5) is 0 Å². The number of allylic oxidation sites excluding steroid dienone is 1. The molecule has 5 nitrogen and oxygen atoms in total. The summed E-state index contributed by atoms with van der Waals surface area (Å²) in [5.74, 6) is 1.52. The molecule has 1 amide bonds. The van der Waals surface area contributed by atoms with Crippen LogP contribution in [0.5, 0.6) is 11.5 Å². The summed E-state index contributed by atoms with van der Waals surface area (Å²) in [7, 11) is 1.66. The largest absolute Gasteiger partial charge is 0.496 e. The minimum absolute atomic E-state index is 0.0332. The number of rotatable bonds is 10. The number of nitrogens with zero attached hydrogens (tertiary/aromatic N) is 1. The molecule has 0 fully saturated rings. The number of carbonyl (C=O) groups is 1. The van der Waals surface area contributed by atoms with Gasteiger partial charge in [0.1, 0.15) is 17.1 Å². The van der Waals surface area contributed by atoms with Gasteiger partial charge in [-0.3, -0.25) is 4.79 Å². The number of benzene rings is 2. The Morgan fingerprint density at radius 3 is 2.41 bits per heavy atom. The highest BCUT2D eigenvalue weighted by Crippen LogP contribution is 2.40. The fourth-order valence-corrected chi connectivity index (χ4v) is 3.94. The van der Waals surface area contributed by atoms with Gasteiger partial charge < -0.3 is 18.8 Å². The molecule has 0 spiro atoms. The van der Waals surface area contributed by atoms with E-state index in [1.54, 1.807) is 19.4 Å².